The zero-order valence-electron chi connectivity index (χ0n) is 14.3. The van der Waals surface area contributed by atoms with Crippen molar-refractivity contribution in [1.82, 2.24) is 4.90 Å². The van der Waals surface area contributed by atoms with E-state index < -0.39 is 0 Å². The Morgan fingerprint density at radius 1 is 1.35 bits per heavy atom. The lowest BCUT2D eigenvalue weighted by Gasteiger charge is -2.34. The van der Waals surface area contributed by atoms with Gasteiger partial charge < -0.3 is 10.1 Å². The van der Waals surface area contributed by atoms with Crippen molar-refractivity contribution in [2.24, 2.45) is 11.8 Å². The highest BCUT2D eigenvalue weighted by molar-refractivity contribution is 7.16. The average molecular weight is 338 g/mol. The highest BCUT2D eigenvalue weighted by Crippen LogP contribution is 2.28. The Balaban J connectivity index is 1.99. The molecule has 0 aromatic carbocycles. The van der Waals surface area contributed by atoms with Gasteiger partial charge in [-0.1, -0.05) is 13.8 Å². The normalized spacial score (nSPS) is 21.9. The highest BCUT2D eigenvalue weighted by atomic mass is 32.1. The number of carbonyl (C=O) groups excluding carboxylic acids is 2. The summed E-state index contributed by atoms with van der Waals surface area (Å²) < 4.78 is 5.05. The van der Waals surface area contributed by atoms with Crippen LogP contribution in [0, 0.1) is 18.8 Å². The van der Waals surface area contributed by atoms with Crippen LogP contribution in [0.3, 0.4) is 0 Å². The van der Waals surface area contributed by atoms with E-state index in [2.05, 4.69) is 24.1 Å². The Morgan fingerprint density at radius 3 is 2.61 bits per heavy atom. The molecule has 5 nitrogen and oxygen atoms in total. The van der Waals surface area contributed by atoms with Gasteiger partial charge in [0.25, 0.3) is 0 Å². The van der Waals surface area contributed by atoms with Gasteiger partial charge in [-0.05, 0) is 38.2 Å². The topological polar surface area (TPSA) is 58.6 Å². The van der Waals surface area contributed by atoms with Crippen LogP contribution in [0.2, 0.25) is 0 Å². The maximum atomic E-state index is 12.3. The van der Waals surface area contributed by atoms with Crippen molar-refractivity contribution in [3.8, 4) is 0 Å². The predicted molar refractivity (Wildman–Crippen MR) is 93.0 cm³/mol. The molecule has 0 bridgehead atoms. The van der Waals surface area contributed by atoms with Crippen LogP contribution < -0.4 is 5.32 Å². The zero-order chi connectivity index (χ0) is 17.0. The van der Waals surface area contributed by atoms with Crippen LogP contribution in [0.1, 0.15) is 42.4 Å². The van der Waals surface area contributed by atoms with Crippen molar-refractivity contribution in [2.45, 2.75) is 34.1 Å². The van der Waals surface area contributed by atoms with Gasteiger partial charge in [0.05, 0.1) is 18.7 Å². The van der Waals surface area contributed by atoms with Crippen molar-refractivity contribution in [1.29, 1.82) is 0 Å². The molecule has 1 aromatic rings. The maximum absolute atomic E-state index is 12.3. The standard InChI is InChI=1S/C17H26N2O3S/c1-5-22-17(21)14-7-13(4)23-16(14)18-15(20)10-19-8-11(2)6-12(3)9-19/h7,11-12H,5-6,8-10H2,1-4H3,(H,18,20). The Morgan fingerprint density at radius 2 is 2.00 bits per heavy atom. The minimum Gasteiger partial charge on any atom is -0.462 e. The van der Waals surface area contributed by atoms with E-state index in [1.54, 1.807) is 13.0 Å². The summed E-state index contributed by atoms with van der Waals surface area (Å²) in [7, 11) is 0. The maximum Gasteiger partial charge on any atom is 0.341 e. The molecule has 1 amide bonds. The SMILES string of the molecule is CCOC(=O)c1cc(C)sc1NC(=O)CN1CC(C)CC(C)C1. The molecule has 0 radical (unpaired) electrons. The molecule has 2 rings (SSSR count). The summed E-state index contributed by atoms with van der Waals surface area (Å²) in [5, 5.41) is 3.47. The van der Waals surface area contributed by atoms with Crippen LogP contribution in [0.5, 0.6) is 0 Å². The fraction of sp³-hybridized carbons (Fsp3) is 0.647. The van der Waals surface area contributed by atoms with E-state index in [1.165, 1.54) is 17.8 Å². The molecule has 6 heteroatoms. The molecule has 0 saturated carbocycles. The van der Waals surface area contributed by atoms with Crippen molar-refractivity contribution in [3.05, 3.63) is 16.5 Å². The second-order valence-electron chi connectivity index (χ2n) is 6.51. The molecule has 0 spiro atoms. The molecule has 0 aliphatic carbocycles. The van der Waals surface area contributed by atoms with E-state index in [0.29, 0.717) is 35.6 Å². The smallest absolute Gasteiger partial charge is 0.341 e. The van der Waals surface area contributed by atoms with Crippen LogP contribution >= 0.6 is 11.3 Å². The van der Waals surface area contributed by atoms with Gasteiger partial charge >= 0.3 is 5.97 Å². The number of esters is 1. The van der Waals surface area contributed by atoms with Crippen molar-refractivity contribution in [3.63, 3.8) is 0 Å². The van der Waals surface area contributed by atoms with Gasteiger partial charge in [0.15, 0.2) is 0 Å². The molecule has 2 unspecified atom stereocenters. The molecule has 2 heterocycles. The third-order valence-corrected chi connectivity index (χ3v) is 4.88. The number of hydrogen-bond donors (Lipinski definition) is 1. The molecule has 23 heavy (non-hydrogen) atoms. The lowest BCUT2D eigenvalue weighted by Crippen LogP contribution is -2.42. The lowest BCUT2D eigenvalue weighted by atomic mass is 9.92. The molecule has 1 N–H and O–H groups in total. The molecule has 1 aliphatic heterocycles. The van der Waals surface area contributed by atoms with Gasteiger partial charge in [-0.15, -0.1) is 11.3 Å². The minimum atomic E-state index is -0.382. The number of anilines is 1. The molecule has 2 atom stereocenters. The van der Waals surface area contributed by atoms with Gasteiger partial charge in [-0.2, -0.15) is 0 Å². The van der Waals surface area contributed by atoms with Gasteiger partial charge in [0, 0.05) is 18.0 Å². The van der Waals surface area contributed by atoms with Crippen LogP contribution in [0.15, 0.2) is 6.07 Å². The molecular weight excluding hydrogens is 312 g/mol. The summed E-state index contributed by atoms with van der Waals surface area (Å²) in [4.78, 5) is 27.5. The molecule has 1 saturated heterocycles. The monoisotopic (exact) mass is 338 g/mol. The fourth-order valence-electron chi connectivity index (χ4n) is 3.26. The molecule has 1 aliphatic rings. The summed E-state index contributed by atoms with van der Waals surface area (Å²) in [5.41, 5.74) is 0.447. The summed E-state index contributed by atoms with van der Waals surface area (Å²) in [6.45, 7) is 10.7. The van der Waals surface area contributed by atoms with Crippen molar-refractivity contribution >= 4 is 28.2 Å². The van der Waals surface area contributed by atoms with Crippen LogP contribution in [-0.2, 0) is 9.53 Å². The van der Waals surface area contributed by atoms with Gasteiger partial charge in [0.1, 0.15) is 5.00 Å². The molecule has 128 valence electrons. The quantitative estimate of drug-likeness (QED) is 0.838. The number of amides is 1. The summed E-state index contributed by atoms with van der Waals surface area (Å²) in [6, 6.07) is 1.77. The van der Waals surface area contributed by atoms with Gasteiger partial charge in [-0.3, -0.25) is 9.69 Å². The van der Waals surface area contributed by atoms with Crippen LogP contribution in [0.25, 0.3) is 0 Å². The first-order valence-corrected chi connectivity index (χ1v) is 9.00. The number of piperidine rings is 1. The number of ether oxygens (including phenoxy) is 1. The third-order valence-electron chi connectivity index (χ3n) is 3.92. The summed E-state index contributed by atoms with van der Waals surface area (Å²) in [5.74, 6) is 0.780. The number of nitrogens with zero attached hydrogens (tertiary/aromatic N) is 1. The molecular formula is C17H26N2O3S. The summed E-state index contributed by atoms with van der Waals surface area (Å²) in [6.07, 6.45) is 1.22. The fourth-order valence-corrected chi connectivity index (χ4v) is 4.17. The first-order chi connectivity index (χ1) is 10.9. The molecule has 1 fully saturated rings. The van der Waals surface area contributed by atoms with Crippen molar-refractivity contribution < 1.29 is 14.3 Å². The zero-order valence-corrected chi connectivity index (χ0v) is 15.2. The number of nitrogens with one attached hydrogen (secondary N) is 1. The second-order valence-corrected chi connectivity index (χ2v) is 7.76. The van der Waals surface area contributed by atoms with Crippen molar-refractivity contribution in [2.75, 3.05) is 31.6 Å². The van der Waals surface area contributed by atoms with E-state index >= 15 is 0 Å². The number of aryl methyl sites for hydroxylation is 1. The van der Waals surface area contributed by atoms with E-state index in [4.69, 9.17) is 4.74 Å². The lowest BCUT2D eigenvalue weighted by molar-refractivity contribution is -0.117. The van der Waals surface area contributed by atoms with Gasteiger partial charge in [-0.25, -0.2) is 4.79 Å². The average Bonchev–Trinajstić information content (AvgIpc) is 2.78. The molecule has 1 aromatic heterocycles. The minimum absolute atomic E-state index is 0.0706. The first-order valence-electron chi connectivity index (χ1n) is 8.18. The summed E-state index contributed by atoms with van der Waals surface area (Å²) >= 11 is 1.41. The van der Waals surface area contributed by atoms with Gasteiger partial charge in [0.2, 0.25) is 5.91 Å². The largest absolute Gasteiger partial charge is 0.462 e. The van der Waals surface area contributed by atoms with E-state index in [-0.39, 0.29) is 11.9 Å². The van der Waals surface area contributed by atoms with E-state index in [0.717, 1.165) is 18.0 Å². The number of thiophene rings is 1. The number of likely N-dealkylation sites (tertiary alicyclic amines) is 1. The number of rotatable bonds is 5. The van der Waals surface area contributed by atoms with E-state index in [1.807, 2.05) is 6.92 Å². The van der Waals surface area contributed by atoms with Crippen LogP contribution in [0.4, 0.5) is 5.00 Å². The highest BCUT2D eigenvalue weighted by Gasteiger charge is 2.24. The Labute approximate surface area is 142 Å². The second kappa shape index (κ2) is 7.93. The van der Waals surface area contributed by atoms with Crippen LogP contribution in [-0.4, -0.2) is 43.0 Å². The third kappa shape index (κ3) is 5.04. The Bertz CT molecular complexity index is 560. The Kier molecular flexibility index (Phi) is 6.18. The number of hydrogen-bond acceptors (Lipinski definition) is 5. The number of carbonyl (C=O) groups is 2. The van der Waals surface area contributed by atoms with E-state index in [9.17, 15) is 9.59 Å². The Hall–Kier alpha value is -1.40. The first kappa shape index (κ1) is 17.9. The predicted octanol–water partition coefficient (Wildman–Crippen LogP) is 3.15.